The van der Waals surface area contributed by atoms with Gasteiger partial charge >= 0.3 is 6.03 Å². The van der Waals surface area contributed by atoms with Crippen LogP contribution in [0.1, 0.15) is 6.92 Å². The molecule has 0 unspecified atom stereocenters. The highest BCUT2D eigenvalue weighted by Gasteiger charge is 2.35. The minimum atomic E-state index is -0.649. The molecule has 1 aliphatic heterocycles. The first-order chi connectivity index (χ1) is 7.58. The van der Waals surface area contributed by atoms with E-state index in [1.807, 2.05) is 11.8 Å². The van der Waals surface area contributed by atoms with Crippen molar-refractivity contribution in [3.8, 4) is 0 Å². The van der Waals surface area contributed by atoms with Gasteiger partial charge in [-0.25, -0.2) is 14.8 Å². The molecule has 0 saturated carbocycles. The van der Waals surface area contributed by atoms with E-state index in [0.717, 1.165) is 0 Å². The lowest BCUT2D eigenvalue weighted by atomic mass is 10.0. The van der Waals surface area contributed by atoms with Crippen molar-refractivity contribution < 1.29 is 9.90 Å². The summed E-state index contributed by atoms with van der Waals surface area (Å²) < 4.78 is 0. The number of hydrogen-bond donors (Lipinski definition) is 3. The first kappa shape index (κ1) is 10.6. The highest BCUT2D eigenvalue weighted by molar-refractivity contribution is 5.87. The van der Waals surface area contributed by atoms with Gasteiger partial charge in [0.1, 0.15) is 0 Å². The summed E-state index contributed by atoms with van der Waals surface area (Å²) in [6, 6.07) is -0.626. The summed E-state index contributed by atoms with van der Waals surface area (Å²) in [7, 11) is 0. The quantitative estimate of drug-likeness (QED) is 0.629. The monoisotopic (exact) mass is 223 g/mol. The molecule has 4 N–H and O–H groups in total. The number of urea groups is 1. The Morgan fingerprint density at radius 3 is 2.69 bits per heavy atom. The van der Waals surface area contributed by atoms with Gasteiger partial charge in [0.05, 0.1) is 30.2 Å². The second-order valence-corrected chi connectivity index (χ2v) is 3.72. The molecule has 0 radical (unpaired) electrons. The van der Waals surface area contributed by atoms with Crippen LogP contribution >= 0.6 is 0 Å². The molecular weight excluding hydrogens is 210 g/mol. The number of aromatic nitrogens is 2. The Morgan fingerprint density at radius 1 is 1.62 bits per heavy atom. The lowest BCUT2D eigenvalue weighted by molar-refractivity contribution is 0.0979. The van der Waals surface area contributed by atoms with E-state index >= 15 is 0 Å². The van der Waals surface area contributed by atoms with E-state index in [4.69, 9.17) is 5.73 Å². The van der Waals surface area contributed by atoms with Gasteiger partial charge in [0.15, 0.2) is 0 Å². The second kappa shape index (κ2) is 3.93. The molecule has 7 nitrogen and oxygen atoms in total. The maximum absolute atomic E-state index is 10.6. The molecule has 0 spiro atoms. The number of carbonyl (C=O) groups excluding carboxylic acids is 1. The molecule has 1 aromatic rings. The van der Waals surface area contributed by atoms with Crippen LogP contribution in [0.3, 0.4) is 0 Å². The van der Waals surface area contributed by atoms with Crippen molar-refractivity contribution in [1.29, 1.82) is 0 Å². The standard InChI is InChI=1S/C9H13N5O2/c1-5-7(15)4-14(5)9-11-2-6(3-12-9)13-8(10)16/h2-3,5,7,15H,4H2,1H3,(H3,10,13,16)/t5-,7-/m1/s1. The molecule has 2 rings (SSSR count). The maximum atomic E-state index is 10.6. The van der Waals surface area contributed by atoms with Crippen LogP contribution in [0.5, 0.6) is 0 Å². The molecule has 1 fully saturated rings. The molecule has 2 amide bonds. The average Bonchev–Trinajstić information content (AvgIpc) is 2.26. The van der Waals surface area contributed by atoms with E-state index < -0.39 is 6.03 Å². The van der Waals surface area contributed by atoms with Crippen molar-refractivity contribution >= 4 is 17.7 Å². The van der Waals surface area contributed by atoms with E-state index in [1.165, 1.54) is 12.4 Å². The molecular formula is C9H13N5O2. The second-order valence-electron chi connectivity index (χ2n) is 3.72. The number of nitrogens with one attached hydrogen (secondary N) is 1. The summed E-state index contributed by atoms with van der Waals surface area (Å²) in [5.74, 6) is 0.535. The molecule has 2 heterocycles. The predicted octanol–water partition coefficient (Wildman–Crippen LogP) is -0.463. The molecule has 1 aliphatic rings. The van der Waals surface area contributed by atoms with Crippen molar-refractivity contribution in [2.45, 2.75) is 19.1 Å². The van der Waals surface area contributed by atoms with Gasteiger partial charge in [-0.1, -0.05) is 0 Å². The number of hydrogen-bond acceptors (Lipinski definition) is 5. The number of primary amides is 1. The van der Waals surface area contributed by atoms with Gasteiger partial charge in [0.25, 0.3) is 0 Å². The number of aliphatic hydroxyl groups excluding tert-OH is 1. The van der Waals surface area contributed by atoms with Crippen LogP contribution in [-0.4, -0.2) is 39.8 Å². The summed E-state index contributed by atoms with van der Waals surface area (Å²) in [5.41, 5.74) is 5.40. The molecule has 16 heavy (non-hydrogen) atoms. The number of anilines is 2. The van der Waals surface area contributed by atoms with Crippen LogP contribution in [0.2, 0.25) is 0 Å². The fraction of sp³-hybridized carbons (Fsp3) is 0.444. The van der Waals surface area contributed by atoms with E-state index in [-0.39, 0.29) is 12.1 Å². The largest absolute Gasteiger partial charge is 0.389 e. The van der Waals surface area contributed by atoms with Gasteiger partial charge in [0, 0.05) is 6.54 Å². The molecule has 86 valence electrons. The highest BCUT2D eigenvalue weighted by Crippen LogP contribution is 2.23. The summed E-state index contributed by atoms with van der Waals surface area (Å²) in [6.45, 7) is 2.43. The van der Waals surface area contributed by atoms with Gasteiger partial charge in [-0.05, 0) is 6.92 Å². The third-order valence-corrected chi connectivity index (χ3v) is 2.59. The van der Waals surface area contributed by atoms with E-state index in [2.05, 4.69) is 15.3 Å². The number of β-amino-alcohol motifs (C(OH)–C–C–N with tert-alkyl or cyclic N) is 1. The van der Waals surface area contributed by atoms with Crippen LogP contribution in [0.25, 0.3) is 0 Å². The number of nitrogens with zero attached hydrogens (tertiary/aromatic N) is 3. The number of amides is 2. The number of carbonyl (C=O) groups is 1. The Hall–Kier alpha value is -1.89. The van der Waals surface area contributed by atoms with Crippen molar-refractivity contribution in [1.82, 2.24) is 9.97 Å². The SMILES string of the molecule is C[C@@H]1[C@H](O)CN1c1ncc(NC(N)=O)cn1. The Morgan fingerprint density at radius 2 is 2.25 bits per heavy atom. The van der Waals surface area contributed by atoms with Crippen LogP contribution in [-0.2, 0) is 0 Å². The molecule has 1 aromatic heterocycles. The Labute approximate surface area is 92.3 Å². The van der Waals surface area contributed by atoms with Crippen LogP contribution in [0.4, 0.5) is 16.4 Å². The first-order valence-corrected chi connectivity index (χ1v) is 4.91. The van der Waals surface area contributed by atoms with Crippen molar-refractivity contribution in [2.24, 2.45) is 5.73 Å². The zero-order valence-electron chi connectivity index (χ0n) is 8.79. The van der Waals surface area contributed by atoms with E-state index in [0.29, 0.717) is 18.2 Å². The summed E-state index contributed by atoms with van der Waals surface area (Å²) in [5, 5.41) is 11.7. The topological polar surface area (TPSA) is 104 Å². The minimum absolute atomic E-state index is 0.0231. The van der Waals surface area contributed by atoms with Gasteiger partial charge < -0.3 is 21.1 Å². The zero-order valence-corrected chi connectivity index (χ0v) is 8.79. The lowest BCUT2D eigenvalue weighted by Gasteiger charge is -2.43. The Balaban J connectivity index is 2.05. The highest BCUT2D eigenvalue weighted by atomic mass is 16.3. The third kappa shape index (κ3) is 1.89. The lowest BCUT2D eigenvalue weighted by Crippen LogP contribution is -2.59. The van der Waals surface area contributed by atoms with Gasteiger partial charge in [-0.3, -0.25) is 0 Å². The number of aliphatic hydroxyl groups is 1. The molecule has 2 atom stereocenters. The molecule has 0 aromatic carbocycles. The van der Waals surface area contributed by atoms with Crippen LogP contribution < -0.4 is 16.0 Å². The summed E-state index contributed by atoms with van der Waals surface area (Å²) >= 11 is 0. The third-order valence-electron chi connectivity index (χ3n) is 2.59. The molecule has 7 heteroatoms. The summed E-state index contributed by atoms with van der Waals surface area (Å²) in [4.78, 5) is 20.6. The Kier molecular flexibility index (Phi) is 2.61. The van der Waals surface area contributed by atoms with Crippen LogP contribution in [0.15, 0.2) is 12.4 Å². The van der Waals surface area contributed by atoms with E-state index in [1.54, 1.807) is 0 Å². The van der Waals surface area contributed by atoms with Gasteiger partial charge in [0.2, 0.25) is 5.95 Å². The first-order valence-electron chi connectivity index (χ1n) is 4.91. The average molecular weight is 223 g/mol. The molecule has 0 bridgehead atoms. The number of rotatable bonds is 2. The normalized spacial score (nSPS) is 23.8. The Bertz CT molecular complexity index is 393. The molecule has 1 saturated heterocycles. The van der Waals surface area contributed by atoms with E-state index in [9.17, 15) is 9.90 Å². The minimum Gasteiger partial charge on any atom is -0.389 e. The van der Waals surface area contributed by atoms with Crippen molar-refractivity contribution in [3.63, 3.8) is 0 Å². The smallest absolute Gasteiger partial charge is 0.316 e. The fourth-order valence-corrected chi connectivity index (χ4v) is 1.53. The zero-order chi connectivity index (χ0) is 11.7. The molecule has 0 aliphatic carbocycles. The van der Waals surface area contributed by atoms with Crippen molar-refractivity contribution in [2.75, 3.05) is 16.8 Å². The predicted molar refractivity (Wildman–Crippen MR) is 58.1 cm³/mol. The number of nitrogens with two attached hydrogens (primary N) is 1. The fourth-order valence-electron chi connectivity index (χ4n) is 1.53. The van der Waals surface area contributed by atoms with Gasteiger partial charge in [-0.15, -0.1) is 0 Å². The van der Waals surface area contributed by atoms with Crippen molar-refractivity contribution in [3.05, 3.63) is 12.4 Å². The van der Waals surface area contributed by atoms with Crippen LogP contribution in [0, 0.1) is 0 Å². The maximum Gasteiger partial charge on any atom is 0.316 e. The van der Waals surface area contributed by atoms with Gasteiger partial charge in [-0.2, -0.15) is 0 Å². The summed E-state index contributed by atoms with van der Waals surface area (Å²) in [6.07, 6.45) is 2.63.